The van der Waals surface area contributed by atoms with E-state index in [1.54, 1.807) is 0 Å². The summed E-state index contributed by atoms with van der Waals surface area (Å²) < 4.78 is 28.4. The van der Waals surface area contributed by atoms with Crippen molar-refractivity contribution in [2.45, 2.75) is 19.5 Å². The van der Waals surface area contributed by atoms with Gasteiger partial charge >= 0.3 is 0 Å². The van der Waals surface area contributed by atoms with Gasteiger partial charge in [-0.2, -0.15) is 0 Å². The van der Waals surface area contributed by atoms with Crippen molar-refractivity contribution in [1.82, 2.24) is 14.5 Å². The van der Waals surface area contributed by atoms with Crippen molar-refractivity contribution < 1.29 is 13.9 Å². The highest BCUT2D eigenvalue weighted by atomic mass is 19.2. The van der Waals surface area contributed by atoms with E-state index in [0.29, 0.717) is 30.5 Å². The Morgan fingerprint density at radius 2 is 1.95 bits per heavy atom. The molecule has 0 aliphatic heterocycles. The number of imidazole rings is 1. The smallest absolute Gasteiger partial charge is 0.161 e. The fourth-order valence-corrected chi connectivity index (χ4v) is 2.05. The zero-order chi connectivity index (χ0) is 14.0. The van der Waals surface area contributed by atoms with Gasteiger partial charge in [0.25, 0.3) is 0 Å². The number of aliphatic hydroxyl groups is 1. The van der Waals surface area contributed by atoms with E-state index < -0.39 is 11.6 Å². The molecule has 1 heterocycles. The fourth-order valence-electron chi connectivity index (χ4n) is 2.05. The highest BCUT2D eigenvalue weighted by Gasteiger charge is 2.14. The number of benzene rings is 1. The van der Waals surface area contributed by atoms with Crippen LogP contribution in [-0.2, 0) is 13.1 Å². The number of halogens is 2. The van der Waals surface area contributed by atoms with Crippen molar-refractivity contribution in [3.05, 3.63) is 29.6 Å². The van der Waals surface area contributed by atoms with Gasteiger partial charge in [-0.1, -0.05) is 0 Å². The molecular weight excluding hydrogens is 252 g/mol. The second-order valence-corrected chi connectivity index (χ2v) is 4.75. The molecule has 0 bridgehead atoms. The minimum atomic E-state index is -0.893. The third kappa shape index (κ3) is 2.90. The van der Waals surface area contributed by atoms with Crippen molar-refractivity contribution in [2.75, 3.05) is 20.7 Å². The minimum Gasteiger partial charge on any atom is -0.396 e. The Hall–Kier alpha value is -1.53. The van der Waals surface area contributed by atoms with E-state index in [2.05, 4.69) is 4.98 Å². The second-order valence-electron chi connectivity index (χ2n) is 4.75. The van der Waals surface area contributed by atoms with Gasteiger partial charge in [-0.05, 0) is 20.5 Å². The quantitative estimate of drug-likeness (QED) is 0.899. The lowest BCUT2D eigenvalue weighted by Crippen LogP contribution is -2.16. The van der Waals surface area contributed by atoms with Crippen molar-refractivity contribution in [3.8, 4) is 0 Å². The van der Waals surface area contributed by atoms with Gasteiger partial charge in [0.2, 0.25) is 0 Å². The zero-order valence-corrected chi connectivity index (χ0v) is 11.0. The summed E-state index contributed by atoms with van der Waals surface area (Å²) in [6, 6.07) is 2.27. The van der Waals surface area contributed by atoms with Crippen LogP contribution < -0.4 is 0 Å². The average molecular weight is 269 g/mol. The molecule has 0 aliphatic rings. The number of fused-ring (bicyclic) bond motifs is 1. The van der Waals surface area contributed by atoms with Gasteiger partial charge in [0.1, 0.15) is 5.82 Å². The molecule has 0 fully saturated rings. The topological polar surface area (TPSA) is 41.3 Å². The van der Waals surface area contributed by atoms with Crippen molar-refractivity contribution >= 4 is 11.0 Å². The lowest BCUT2D eigenvalue weighted by molar-refractivity contribution is 0.278. The molecule has 104 valence electrons. The monoisotopic (exact) mass is 269 g/mol. The Balaban J connectivity index is 2.52. The lowest BCUT2D eigenvalue weighted by Gasteiger charge is -2.12. The third-order valence-electron chi connectivity index (χ3n) is 2.87. The summed E-state index contributed by atoms with van der Waals surface area (Å²) in [6.07, 6.45) is 0.547. The summed E-state index contributed by atoms with van der Waals surface area (Å²) in [5, 5.41) is 8.93. The fraction of sp³-hybridized carbons (Fsp3) is 0.462. The predicted octanol–water partition coefficient (Wildman–Crippen LogP) is 1.76. The molecule has 2 aromatic rings. The van der Waals surface area contributed by atoms with Crippen LogP contribution >= 0.6 is 0 Å². The SMILES string of the molecule is CN(C)Cc1nc2cc(F)c(F)cc2n1CCCO. The van der Waals surface area contributed by atoms with Crippen LogP contribution in [0.3, 0.4) is 0 Å². The summed E-state index contributed by atoms with van der Waals surface area (Å²) in [4.78, 5) is 6.27. The first-order valence-electron chi connectivity index (χ1n) is 6.12. The molecule has 0 aliphatic carbocycles. The largest absolute Gasteiger partial charge is 0.396 e. The van der Waals surface area contributed by atoms with Crippen molar-refractivity contribution in [1.29, 1.82) is 0 Å². The molecule has 2 rings (SSSR count). The van der Waals surface area contributed by atoms with E-state index in [1.807, 2.05) is 23.6 Å². The molecule has 0 amide bonds. The number of hydrogen-bond donors (Lipinski definition) is 1. The molecule has 1 aromatic heterocycles. The maximum absolute atomic E-state index is 13.3. The number of aliphatic hydroxyl groups excluding tert-OH is 1. The summed E-state index contributed by atoms with van der Waals surface area (Å²) in [6.45, 7) is 1.15. The molecule has 0 saturated heterocycles. The first-order chi connectivity index (χ1) is 9.02. The average Bonchev–Trinajstić information content (AvgIpc) is 2.63. The molecule has 0 unspecified atom stereocenters. The van der Waals surface area contributed by atoms with Crippen molar-refractivity contribution in [3.63, 3.8) is 0 Å². The molecule has 0 atom stereocenters. The second kappa shape index (κ2) is 5.63. The van der Waals surface area contributed by atoms with E-state index in [1.165, 1.54) is 0 Å². The Morgan fingerprint density at radius 1 is 1.26 bits per heavy atom. The lowest BCUT2D eigenvalue weighted by atomic mass is 10.3. The summed E-state index contributed by atoms with van der Waals surface area (Å²) >= 11 is 0. The summed E-state index contributed by atoms with van der Waals surface area (Å²) in [5.41, 5.74) is 0.998. The normalized spacial score (nSPS) is 11.7. The van der Waals surface area contributed by atoms with Crippen LogP contribution in [0.2, 0.25) is 0 Å². The Bertz CT molecular complexity index is 581. The first-order valence-corrected chi connectivity index (χ1v) is 6.12. The van der Waals surface area contributed by atoms with Gasteiger partial charge in [-0.25, -0.2) is 13.8 Å². The maximum Gasteiger partial charge on any atom is 0.161 e. The highest BCUT2D eigenvalue weighted by molar-refractivity contribution is 5.76. The van der Waals surface area contributed by atoms with Crippen LogP contribution in [0.4, 0.5) is 8.78 Å². The van der Waals surface area contributed by atoms with Gasteiger partial charge in [-0.15, -0.1) is 0 Å². The van der Waals surface area contributed by atoms with Crippen LogP contribution in [0, 0.1) is 11.6 Å². The van der Waals surface area contributed by atoms with Crippen molar-refractivity contribution in [2.24, 2.45) is 0 Å². The van der Waals surface area contributed by atoms with Crippen LogP contribution in [0.25, 0.3) is 11.0 Å². The first kappa shape index (κ1) is 13.9. The van der Waals surface area contributed by atoms with Crippen LogP contribution in [0.1, 0.15) is 12.2 Å². The van der Waals surface area contributed by atoms with Crippen LogP contribution in [-0.4, -0.2) is 40.3 Å². The number of rotatable bonds is 5. The number of aryl methyl sites for hydroxylation is 1. The predicted molar refractivity (Wildman–Crippen MR) is 68.7 cm³/mol. The van der Waals surface area contributed by atoms with Gasteiger partial charge in [0, 0.05) is 25.3 Å². The van der Waals surface area contributed by atoms with Gasteiger partial charge in [0.05, 0.1) is 17.6 Å². The van der Waals surface area contributed by atoms with E-state index in [4.69, 9.17) is 5.11 Å². The van der Waals surface area contributed by atoms with Crippen LogP contribution in [0.5, 0.6) is 0 Å². The molecule has 0 saturated carbocycles. The maximum atomic E-state index is 13.3. The summed E-state index contributed by atoms with van der Waals surface area (Å²) in [5.74, 6) is -1.04. The van der Waals surface area contributed by atoms with E-state index >= 15 is 0 Å². The Morgan fingerprint density at radius 3 is 2.58 bits per heavy atom. The van der Waals surface area contributed by atoms with E-state index in [9.17, 15) is 8.78 Å². The standard InChI is InChI=1S/C13H17F2N3O/c1-17(2)8-13-16-11-6-9(14)10(15)7-12(11)18(13)4-3-5-19/h6-7,19H,3-5,8H2,1-2H3. The van der Waals surface area contributed by atoms with Gasteiger partial charge in [0.15, 0.2) is 11.6 Å². The zero-order valence-electron chi connectivity index (χ0n) is 11.0. The molecule has 19 heavy (non-hydrogen) atoms. The molecular formula is C13H17F2N3O. The molecule has 1 N–H and O–H groups in total. The molecule has 0 spiro atoms. The Labute approximate surface area is 110 Å². The third-order valence-corrected chi connectivity index (χ3v) is 2.87. The number of hydrogen-bond acceptors (Lipinski definition) is 3. The van der Waals surface area contributed by atoms with Crippen LogP contribution in [0.15, 0.2) is 12.1 Å². The van der Waals surface area contributed by atoms with E-state index in [0.717, 1.165) is 18.0 Å². The molecule has 6 heteroatoms. The number of aromatic nitrogens is 2. The summed E-state index contributed by atoms with van der Waals surface area (Å²) in [7, 11) is 3.80. The minimum absolute atomic E-state index is 0.0464. The molecule has 4 nitrogen and oxygen atoms in total. The van der Waals surface area contributed by atoms with E-state index in [-0.39, 0.29) is 6.61 Å². The molecule has 0 radical (unpaired) electrons. The van der Waals surface area contributed by atoms with Gasteiger partial charge in [-0.3, -0.25) is 0 Å². The Kier molecular flexibility index (Phi) is 4.11. The highest BCUT2D eigenvalue weighted by Crippen LogP contribution is 2.21. The van der Waals surface area contributed by atoms with Gasteiger partial charge < -0.3 is 14.6 Å². The number of nitrogens with zero attached hydrogens (tertiary/aromatic N) is 3. The molecule has 1 aromatic carbocycles.